The number of guanidine groups is 1. The van der Waals surface area contributed by atoms with Crippen LogP contribution in [-0.4, -0.2) is 38.5 Å². The standard InChI is InChI=1S/C19H27F2N3O2S.HI/c20-17-7-6-14(10-18(17)21)11-22-19(24-16-4-2-1-3-5-16)23-12-15-8-9-27(25,26)13-15;/h6-7,10,15-16H,1-5,8-9,11-13H2,(H2,22,23,24);1H. The highest BCUT2D eigenvalue weighted by Crippen LogP contribution is 2.19. The molecule has 1 atom stereocenters. The molecule has 158 valence electrons. The van der Waals surface area contributed by atoms with Crippen molar-refractivity contribution in [1.29, 1.82) is 0 Å². The molecule has 1 unspecified atom stereocenters. The lowest BCUT2D eigenvalue weighted by Crippen LogP contribution is -2.45. The van der Waals surface area contributed by atoms with Gasteiger partial charge in [0, 0.05) is 12.6 Å². The zero-order valence-corrected chi connectivity index (χ0v) is 18.9. The lowest BCUT2D eigenvalue weighted by atomic mass is 9.96. The van der Waals surface area contributed by atoms with Crippen LogP contribution in [0, 0.1) is 17.6 Å². The van der Waals surface area contributed by atoms with Crippen molar-refractivity contribution < 1.29 is 17.2 Å². The van der Waals surface area contributed by atoms with Crippen LogP contribution in [0.15, 0.2) is 23.2 Å². The van der Waals surface area contributed by atoms with E-state index >= 15 is 0 Å². The third kappa shape index (κ3) is 7.13. The van der Waals surface area contributed by atoms with Crippen LogP contribution in [0.25, 0.3) is 0 Å². The highest BCUT2D eigenvalue weighted by Gasteiger charge is 2.28. The number of halogens is 3. The summed E-state index contributed by atoms with van der Waals surface area (Å²) in [5.41, 5.74) is 0.585. The van der Waals surface area contributed by atoms with Gasteiger partial charge in [-0.2, -0.15) is 0 Å². The van der Waals surface area contributed by atoms with Crippen LogP contribution in [0.3, 0.4) is 0 Å². The van der Waals surface area contributed by atoms with Gasteiger partial charge in [0.25, 0.3) is 0 Å². The van der Waals surface area contributed by atoms with Crippen molar-refractivity contribution in [2.75, 3.05) is 18.1 Å². The van der Waals surface area contributed by atoms with Gasteiger partial charge in [0.15, 0.2) is 27.4 Å². The van der Waals surface area contributed by atoms with Crippen LogP contribution in [-0.2, 0) is 16.4 Å². The molecule has 0 amide bonds. The number of aliphatic imine (C=N–C) groups is 1. The number of nitrogens with one attached hydrogen (secondary N) is 2. The zero-order chi connectivity index (χ0) is 19.3. The Labute approximate surface area is 182 Å². The topological polar surface area (TPSA) is 70.6 Å². The molecule has 1 aromatic rings. The Bertz CT molecular complexity index is 783. The molecule has 1 aliphatic carbocycles. The van der Waals surface area contributed by atoms with Gasteiger partial charge >= 0.3 is 0 Å². The van der Waals surface area contributed by atoms with Gasteiger partial charge < -0.3 is 10.6 Å². The molecule has 28 heavy (non-hydrogen) atoms. The van der Waals surface area contributed by atoms with Crippen LogP contribution in [0.4, 0.5) is 8.78 Å². The van der Waals surface area contributed by atoms with Gasteiger partial charge in [0.2, 0.25) is 0 Å². The molecule has 9 heteroatoms. The van der Waals surface area contributed by atoms with Crippen molar-refractivity contribution in [1.82, 2.24) is 10.6 Å². The Kier molecular flexibility index (Phi) is 8.91. The Balaban J connectivity index is 0.00000280. The van der Waals surface area contributed by atoms with Gasteiger partial charge in [-0.15, -0.1) is 24.0 Å². The van der Waals surface area contributed by atoms with E-state index in [4.69, 9.17) is 0 Å². The number of benzene rings is 1. The van der Waals surface area contributed by atoms with E-state index in [0.29, 0.717) is 30.5 Å². The van der Waals surface area contributed by atoms with Gasteiger partial charge in [0.05, 0.1) is 18.1 Å². The first kappa shape index (κ1) is 23.3. The van der Waals surface area contributed by atoms with Crippen molar-refractivity contribution >= 4 is 39.8 Å². The van der Waals surface area contributed by atoms with Crippen molar-refractivity contribution in [3.63, 3.8) is 0 Å². The quantitative estimate of drug-likeness (QED) is 0.350. The van der Waals surface area contributed by atoms with E-state index in [1.807, 2.05) is 0 Å². The summed E-state index contributed by atoms with van der Waals surface area (Å²) < 4.78 is 49.7. The summed E-state index contributed by atoms with van der Waals surface area (Å²) in [5, 5.41) is 6.67. The maximum atomic E-state index is 13.4. The lowest BCUT2D eigenvalue weighted by molar-refractivity contribution is 0.408. The van der Waals surface area contributed by atoms with Gasteiger partial charge in [0.1, 0.15) is 0 Å². The second kappa shape index (κ2) is 10.7. The fourth-order valence-electron chi connectivity index (χ4n) is 3.68. The molecule has 1 saturated heterocycles. The van der Waals surface area contributed by atoms with Crippen LogP contribution in [0.2, 0.25) is 0 Å². The monoisotopic (exact) mass is 527 g/mol. The molecule has 0 radical (unpaired) electrons. The van der Waals surface area contributed by atoms with Crippen molar-refractivity contribution in [2.24, 2.45) is 10.9 Å². The van der Waals surface area contributed by atoms with Gasteiger partial charge in [-0.05, 0) is 42.9 Å². The molecule has 3 rings (SSSR count). The summed E-state index contributed by atoms with van der Waals surface area (Å²) in [5.74, 6) is -0.610. The maximum absolute atomic E-state index is 13.4. The van der Waals surface area contributed by atoms with E-state index < -0.39 is 21.5 Å². The van der Waals surface area contributed by atoms with Crippen LogP contribution < -0.4 is 10.6 Å². The summed E-state index contributed by atoms with van der Waals surface area (Å²) in [6.07, 6.45) is 6.40. The van der Waals surface area contributed by atoms with Crippen molar-refractivity contribution in [2.45, 2.75) is 51.1 Å². The molecule has 2 N–H and O–H groups in total. The highest BCUT2D eigenvalue weighted by molar-refractivity contribution is 14.0. The highest BCUT2D eigenvalue weighted by atomic mass is 127. The molecule has 1 heterocycles. The average molecular weight is 527 g/mol. The molecular formula is C19H28F2IN3O2S. The molecular weight excluding hydrogens is 499 g/mol. The van der Waals surface area contributed by atoms with Crippen molar-refractivity contribution in [3.8, 4) is 0 Å². The fourth-order valence-corrected chi connectivity index (χ4v) is 5.54. The van der Waals surface area contributed by atoms with Crippen LogP contribution >= 0.6 is 24.0 Å². The molecule has 1 aliphatic heterocycles. The molecule has 1 saturated carbocycles. The first-order valence-corrected chi connectivity index (χ1v) is 11.4. The average Bonchev–Trinajstić information content (AvgIpc) is 3.00. The lowest BCUT2D eigenvalue weighted by Gasteiger charge is -2.25. The van der Waals surface area contributed by atoms with Gasteiger partial charge in [-0.1, -0.05) is 25.3 Å². The number of rotatable bonds is 5. The fraction of sp³-hybridized carbons (Fsp3) is 0.632. The minimum atomic E-state index is -2.91. The number of nitrogens with zero attached hydrogens (tertiary/aromatic N) is 1. The zero-order valence-electron chi connectivity index (χ0n) is 15.8. The predicted molar refractivity (Wildman–Crippen MR) is 118 cm³/mol. The third-order valence-corrected chi connectivity index (χ3v) is 7.07. The normalized spacial score (nSPS) is 22.5. The minimum Gasteiger partial charge on any atom is -0.356 e. The Morgan fingerprint density at radius 1 is 1.11 bits per heavy atom. The Morgan fingerprint density at radius 3 is 2.50 bits per heavy atom. The predicted octanol–water partition coefficient (Wildman–Crippen LogP) is 3.39. The molecule has 2 aliphatic rings. The second-order valence-electron chi connectivity index (χ2n) is 7.54. The number of sulfone groups is 1. The largest absolute Gasteiger partial charge is 0.356 e. The van der Waals surface area contributed by atoms with E-state index in [-0.39, 0.29) is 47.9 Å². The van der Waals surface area contributed by atoms with Crippen molar-refractivity contribution in [3.05, 3.63) is 35.4 Å². The SMILES string of the molecule is I.O=S1(=O)CCC(CNC(=NCc2ccc(F)c(F)c2)NC2CCCCC2)C1. The summed E-state index contributed by atoms with van der Waals surface area (Å²) in [7, 11) is -2.91. The van der Waals surface area contributed by atoms with Crippen LogP contribution in [0.1, 0.15) is 44.1 Å². The Morgan fingerprint density at radius 2 is 1.86 bits per heavy atom. The van der Waals surface area contributed by atoms with Gasteiger partial charge in [-0.25, -0.2) is 22.2 Å². The molecule has 1 aromatic carbocycles. The van der Waals surface area contributed by atoms with Crippen LogP contribution in [0.5, 0.6) is 0 Å². The summed E-state index contributed by atoms with van der Waals surface area (Å²) in [6, 6.07) is 4.11. The molecule has 5 nitrogen and oxygen atoms in total. The first-order chi connectivity index (χ1) is 12.9. The van der Waals surface area contributed by atoms with E-state index in [2.05, 4.69) is 15.6 Å². The summed E-state index contributed by atoms with van der Waals surface area (Å²) in [6.45, 7) is 0.762. The summed E-state index contributed by atoms with van der Waals surface area (Å²) in [4.78, 5) is 4.51. The van der Waals surface area contributed by atoms with E-state index in [1.54, 1.807) is 0 Å². The maximum Gasteiger partial charge on any atom is 0.191 e. The summed E-state index contributed by atoms with van der Waals surface area (Å²) >= 11 is 0. The number of hydrogen-bond acceptors (Lipinski definition) is 3. The smallest absolute Gasteiger partial charge is 0.191 e. The first-order valence-electron chi connectivity index (χ1n) is 9.60. The van der Waals surface area contributed by atoms with Gasteiger partial charge in [-0.3, -0.25) is 0 Å². The molecule has 0 spiro atoms. The van der Waals surface area contributed by atoms with E-state index in [9.17, 15) is 17.2 Å². The molecule has 0 bridgehead atoms. The molecule has 0 aromatic heterocycles. The number of hydrogen-bond donors (Lipinski definition) is 2. The Hall–Kier alpha value is -0.970. The van der Waals surface area contributed by atoms with E-state index in [0.717, 1.165) is 25.0 Å². The van der Waals surface area contributed by atoms with E-state index in [1.165, 1.54) is 25.3 Å². The third-order valence-electron chi connectivity index (χ3n) is 5.23. The second-order valence-corrected chi connectivity index (χ2v) is 9.77. The minimum absolute atomic E-state index is 0. The molecule has 2 fully saturated rings.